The summed E-state index contributed by atoms with van der Waals surface area (Å²) in [5, 5.41) is 1.18. The van der Waals surface area contributed by atoms with Crippen LogP contribution in [0.3, 0.4) is 0 Å². The van der Waals surface area contributed by atoms with E-state index in [0.29, 0.717) is 0 Å². The van der Waals surface area contributed by atoms with Gasteiger partial charge in [-0.2, -0.15) is 16.8 Å². The van der Waals surface area contributed by atoms with E-state index in [4.69, 9.17) is 17.3 Å². The van der Waals surface area contributed by atoms with Crippen LogP contribution in [0.5, 0.6) is 0 Å². The van der Waals surface area contributed by atoms with Crippen molar-refractivity contribution in [2.24, 2.45) is 0 Å². The average molecular weight is 395 g/mol. The molecule has 0 bridgehead atoms. The fourth-order valence-electron chi connectivity index (χ4n) is 2.16. The number of nitrogens with one attached hydrogen (secondary N) is 1. The summed E-state index contributed by atoms with van der Waals surface area (Å²) in [4.78, 5) is 9.68. The number of halogens is 1. The molecule has 0 unspecified atom stereocenters. The van der Waals surface area contributed by atoms with Crippen molar-refractivity contribution in [2.45, 2.75) is 16.7 Å². The summed E-state index contributed by atoms with van der Waals surface area (Å²) in [5.41, 5.74) is 5.10. The van der Waals surface area contributed by atoms with Gasteiger partial charge in [0.1, 0.15) is 9.79 Å². The quantitative estimate of drug-likeness (QED) is 0.449. The zero-order valence-electron chi connectivity index (χ0n) is 11.9. The normalized spacial score (nSPS) is 12.3. The largest absolute Gasteiger partial charge is 0.397 e. The van der Waals surface area contributed by atoms with Crippen LogP contribution in [0, 0.1) is 0 Å². The van der Waals surface area contributed by atoms with Crippen LogP contribution in [-0.4, -0.2) is 31.8 Å². The number of carbonyl (C=O) groups is 1. The van der Waals surface area contributed by atoms with E-state index in [9.17, 15) is 30.7 Å². The lowest BCUT2D eigenvalue weighted by Crippen LogP contribution is -2.09. The molecule has 0 aliphatic carbocycles. The first-order valence-corrected chi connectivity index (χ1v) is 9.36. The molecule has 0 spiro atoms. The molecule has 0 aromatic heterocycles. The van der Waals surface area contributed by atoms with Crippen LogP contribution in [-0.2, 0) is 25.0 Å². The van der Waals surface area contributed by atoms with Gasteiger partial charge in [0.25, 0.3) is 20.2 Å². The number of carbonyl (C=O) groups excluding carboxylic acids is 1. The Hall–Kier alpha value is -1.92. The van der Waals surface area contributed by atoms with E-state index in [-0.39, 0.29) is 21.8 Å². The summed E-state index contributed by atoms with van der Waals surface area (Å²) in [6, 6.07) is 2.81. The first kappa shape index (κ1) is 18.4. The van der Waals surface area contributed by atoms with Crippen LogP contribution in [0.4, 0.5) is 11.4 Å². The summed E-state index contributed by atoms with van der Waals surface area (Å²) in [5.74, 6) is -0.578. The van der Waals surface area contributed by atoms with Gasteiger partial charge in [0.2, 0.25) is 5.91 Å². The Bertz CT molecular complexity index is 1080. The number of amides is 1. The van der Waals surface area contributed by atoms with Crippen LogP contribution >= 0.6 is 11.6 Å². The molecule has 0 atom stereocenters. The number of fused-ring (bicyclic) bond motifs is 1. The SMILES string of the molecule is CC(=O)Nc1cc(S(=O)(=O)O)c2c(Cl)c(N)cc(S(=O)(=O)O)c2c1. The number of hydrogen-bond acceptors (Lipinski definition) is 6. The Morgan fingerprint density at radius 1 is 1.08 bits per heavy atom. The first-order chi connectivity index (χ1) is 10.8. The van der Waals surface area contributed by atoms with Crippen molar-refractivity contribution in [3.05, 3.63) is 23.2 Å². The molecule has 1 amide bonds. The molecular weight excluding hydrogens is 384 g/mol. The predicted molar refractivity (Wildman–Crippen MR) is 87.3 cm³/mol. The maximum Gasteiger partial charge on any atom is 0.295 e. The molecule has 2 aromatic carbocycles. The first-order valence-electron chi connectivity index (χ1n) is 6.10. The summed E-state index contributed by atoms with van der Waals surface area (Å²) < 4.78 is 65.2. The standard InChI is InChI=1S/C12H11ClN2O7S2/c1-5(16)15-6-2-7-9(23(17,18)19)4-8(14)12(13)11(7)10(3-6)24(20,21)22/h2-4H,14H2,1H3,(H,15,16)(H,17,18,19)(H,20,21,22). The lowest BCUT2D eigenvalue weighted by molar-refractivity contribution is -0.114. The van der Waals surface area contributed by atoms with Gasteiger partial charge in [-0.15, -0.1) is 0 Å². The Morgan fingerprint density at radius 2 is 1.62 bits per heavy atom. The van der Waals surface area contributed by atoms with Crippen molar-refractivity contribution in [2.75, 3.05) is 11.1 Å². The van der Waals surface area contributed by atoms with Crippen molar-refractivity contribution in [3.63, 3.8) is 0 Å². The molecule has 24 heavy (non-hydrogen) atoms. The average Bonchev–Trinajstić information content (AvgIpc) is 2.38. The Balaban J connectivity index is 3.14. The molecule has 2 aromatic rings. The highest BCUT2D eigenvalue weighted by Gasteiger charge is 2.25. The Labute approximate surface area is 141 Å². The molecule has 0 aliphatic heterocycles. The van der Waals surface area contributed by atoms with Crippen LogP contribution < -0.4 is 11.1 Å². The van der Waals surface area contributed by atoms with Gasteiger partial charge in [-0.3, -0.25) is 13.9 Å². The molecule has 0 aliphatic rings. The third-order valence-corrected chi connectivity index (χ3v) is 5.18. The smallest absolute Gasteiger partial charge is 0.295 e. The van der Waals surface area contributed by atoms with Crippen molar-refractivity contribution in [1.29, 1.82) is 0 Å². The van der Waals surface area contributed by atoms with Gasteiger partial charge < -0.3 is 11.1 Å². The number of nitrogens with two attached hydrogens (primary N) is 1. The molecule has 130 valence electrons. The summed E-state index contributed by atoms with van der Waals surface area (Å²) in [6.07, 6.45) is 0. The second-order valence-electron chi connectivity index (χ2n) is 4.81. The topological polar surface area (TPSA) is 164 Å². The zero-order valence-corrected chi connectivity index (χ0v) is 14.3. The minimum absolute atomic E-state index is 0.131. The molecule has 9 nitrogen and oxygen atoms in total. The van der Waals surface area contributed by atoms with E-state index in [2.05, 4.69) is 5.32 Å². The predicted octanol–water partition coefficient (Wildman–Crippen LogP) is 1.53. The molecule has 2 rings (SSSR count). The van der Waals surface area contributed by atoms with Crippen LogP contribution in [0.2, 0.25) is 5.02 Å². The van der Waals surface area contributed by atoms with Gasteiger partial charge in [0.15, 0.2) is 0 Å². The molecule has 0 saturated carbocycles. The Kier molecular flexibility index (Phi) is 4.50. The van der Waals surface area contributed by atoms with Gasteiger partial charge in [-0.05, 0) is 18.2 Å². The van der Waals surface area contributed by atoms with Crippen LogP contribution in [0.25, 0.3) is 10.8 Å². The van der Waals surface area contributed by atoms with E-state index in [0.717, 1.165) is 25.1 Å². The van der Waals surface area contributed by atoms with Gasteiger partial charge in [0.05, 0.1) is 10.7 Å². The van der Waals surface area contributed by atoms with E-state index < -0.39 is 41.3 Å². The third kappa shape index (κ3) is 3.44. The van der Waals surface area contributed by atoms with Crippen LogP contribution in [0.1, 0.15) is 6.92 Å². The number of nitrogen functional groups attached to an aromatic ring is 1. The van der Waals surface area contributed by atoms with E-state index in [1.54, 1.807) is 0 Å². The molecule has 5 N–H and O–H groups in total. The highest BCUT2D eigenvalue weighted by Crippen LogP contribution is 2.39. The zero-order chi connectivity index (χ0) is 18.4. The Morgan fingerprint density at radius 3 is 2.08 bits per heavy atom. The second-order valence-corrected chi connectivity index (χ2v) is 7.96. The maximum atomic E-state index is 11.6. The highest BCUT2D eigenvalue weighted by molar-refractivity contribution is 7.86. The molecule has 0 radical (unpaired) electrons. The lowest BCUT2D eigenvalue weighted by atomic mass is 10.1. The fourth-order valence-corrected chi connectivity index (χ4v) is 3.93. The number of rotatable bonds is 3. The highest BCUT2D eigenvalue weighted by atomic mass is 35.5. The summed E-state index contributed by atoms with van der Waals surface area (Å²) in [7, 11) is -9.66. The maximum absolute atomic E-state index is 11.6. The number of hydrogen-bond donors (Lipinski definition) is 4. The van der Waals surface area contributed by atoms with Gasteiger partial charge in [-0.1, -0.05) is 11.6 Å². The third-order valence-electron chi connectivity index (χ3n) is 3.00. The summed E-state index contributed by atoms with van der Waals surface area (Å²) in [6.45, 7) is 1.14. The van der Waals surface area contributed by atoms with Crippen molar-refractivity contribution in [1.82, 2.24) is 0 Å². The molecular formula is C12H11ClN2O7S2. The van der Waals surface area contributed by atoms with E-state index >= 15 is 0 Å². The fraction of sp³-hybridized carbons (Fsp3) is 0.0833. The van der Waals surface area contributed by atoms with Crippen molar-refractivity contribution in [3.8, 4) is 0 Å². The van der Waals surface area contributed by atoms with Gasteiger partial charge >= 0.3 is 0 Å². The minimum Gasteiger partial charge on any atom is -0.397 e. The molecule has 0 heterocycles. The van der Waals surface area contributed by atoms with E-state index in [1.165, 1.54) is 0 Å². The molecule has 12 heteroatoms. The molecule has 0 saturated heterocycles. The molecule has 0 fully saturated rings. The van der Waals surface area contributed by atoms with Gasteiger partial charge in [-0.25, -0.2) is 0 Å². The van der Waals surface area contributed by atoms with Crippen molar-refractivity contribution >= 4 is 59.9 Å². The van der Waals surface area contributed by atoms with Crippen molar-refractivity contribution < 1.29 is 30.7 Å². The van der Waals surface area contributed by atoms with Crippen LogP contribution in [0.15, 0.2) is 28.0 Å². The lowest BCUT2D eigenvalue weighted by Gasteiger charge is -2.14. The minimum atomic E-state index is -4.86. The second kappa shape index (κ2) is 5.86. The van der Waals surface area contributed by atoms with Gasteiger partial charge in [0, 0.05) is 23.4 Å². The number of anilines is 2. The monoisotopic (exact) mass is 394 g/mol. The summed E-state index contributed by atoms with van der Waals surface area (Å²) >= 11 is 5.95. The number of benzene rings is 2. The van der Waals surface area contributed by atoms with E-state index in [1.807, 2.05) is 0 Å².